The van der Waals surface area contributed by atoms with Crippen molar-refractivity contribution in [3.63, 3.8) is 0 Å². The van der Waals surface area contributed by atoms with E-state index in [-0.39, 0.29) is 0 Å². The van der Waals surface area contributed by atoms with Crippen molar-refractivity contribution in [2.24, 2.45) is 0 Å². The van der Waals surface area contributed by atoms with Gasteiger partial charge in [0.2, 0.25) is 0 Å². The average Bonchev–Trinajstić information content (AvgIpc) is 3.16. The number of aryl methyl sites for hydroxylation is 3. The van der Waals surface area contributed by atoms with Gasteiger partial charge in [-0.1, -0.05) is 47.5 Å². The zero-order valence-electron chi connectivity index (χ0n) is 16.3. The van der Waals surface area contributed by atoms with E-state index >= 15 is 0 Å². The van der Waals surface area contributed by atoms with Crippen molar-refractivity contribution in [2.75, 3.05) is 0 Å². The molecule has 5 heteroatoms. The number of hydrogen-bond donors (Lipinski definition) is 0. The Bertz CT molecular complexity index is 1310. The molecule has 0 aliphatic heterocycles. The quantitative estimate of drug-likeness (QED) is 0.267. The van der Waals surface area contributed by atoms with Crippen molar-refractivity contribution >= 4 is 45.5 Å². The van der Waals surface area contributed by atoms with E-state index in [9.17, 15) is 5.26 Å². The lowest BCUT2D eigenvalue weighted by Gasteiger charge is -2.04. The van der Waals surface area contributed by atoms with Gasteiger partial charge in [0.1, 0.15) is 16.2 Å². The number of allylic oxidation sites excluding steroid dienone is 1. The predicted molar refractivity (Wildman–Crippen MR) is 122 cm³/mol. The van der Waals surface area contributed by atoms with Crippen LogP contribution in [0.3, 0.4) is 0 Å². The van der Waals surface area contributed by atoms with Crippen LogP contribution in [0.2, 0.25) is 5.15 Å². The molecule has 4 aromatic rings. The highest BCUT2D eigenvalue weighted by atomic mass is 35.5. The largest absolute Gasteiger partial charge is 0.235 e. The highest BCUT2D eigenvalue weighted by molar-refractivity contribution is 7.11. The lowest BCUT2D eigenvalue weighted by molar-refractivity contribution is 1.32. The second kappa shape index (κ2) is 7.79. The van der Waals surface area contributed by atoms with Crippen LogP contribution >= 0.6 is 22.9 Å². The lowest BCUT2D eigenvalue weighted by Crippen LogP contribution is -1.88. The molecule has 0 radical (unpaired) electrons. The van der Waals surface area contributed by atoms with E-state index in [4.69, 9.17) is 16.6 Å². The first-order valence-electron chi connectivity index (χ1n) is 9.17. The molecular formula is C24H18ClN3S. The second-order valence-corrected chi connectivity index (χ2v) is 8.31. The summed E-state index contributed by atoms with van der Waals surface area (Å²) in [4.78, 5) is 9.19. The maximum Gasteiger partial charge on any atom is 0.137 e. The topological polar surface area (TPSA) is 49.6 Å². The Morgan fingerprint density at radius 2 is 1.79 bits per heavy atom. The van der Waals surface area contributed by atoms with Gasteiger partial charge in [-0.3, -0.25) is 0 Å². The van der Waals surface area contributed by atoms with Gasteiger partial charge in [-0.25, -0.2) is 9.97 Å². The van der Waals surface area contributed by atoms with Crippen LogP contribution in [0.1, 0.15) is 27.3 Å². The number of halogens is 1. The van der Waals surface area contributed by atoms with Crippen LogP contribution in [0.25, 0.3) is 33.8 Å². The average molecular weight is 416 g/mol. The fourth-order valence-corrected chi connectivity index (χ4v) is 4.28. The van der Waals surface area contributed by atoms with E-state index in [0.29, 0.717) is 21.3 Å². The summed E-state index contributed by atoms with van der Waals surface area (Å²) in [7, 11) is 0. The molecule has 0 unspecified atom stereocenters. The van der Waals surface area contributed by atoms with Crippen LogP contribution in [0.5, 0.6) is 0 Å². The molecule has 3 nitrogen and oxygen atoms in total. The summed E-state index contributed by atoms with van der Waals surface area (Å²) in [6.45, 7) is 6.17. The van der Waals surface area contributed by atoms with Crippen molar-refractivity contribution in [3.05, 3.63) is 80.3 Å². The zero-order chi connectivity index (χ0) is 20.5. The number of hydrogen-bond acceptors (Lipinski definition) is 4. The minimum absolute atomic E-state index is 0.377. The predicted octanol–water partition coefficient (Wildman–Crippen LogP) is 7.00. The fourth-order valence-electron chi connectivity index (χ4n) is 3.29. The molecule has 0 aliphatic rings. The summed E-state index contributed by atoms with van der Waals surface area (Å²) in [5, 5.41) is 13.8. The molecule has 4 rings (SSSR count). The van der Waals surface area contributed by atoms with E-state index in [2.05, 4.69) is 43.1 Å². The van der Waals surface area contributed by atoms with Gasteiger partial charge in [-0.05, 0) is 50.1 Å². The monoisotopic (exact) mass is 415 g/mol. The Morgan fingerprint density at radius 3 is 2.55 bits per heavy atom. The number of aromatic nitrogens is 2. The van der Waals surface area contributed by atoms with Crippen LogP contribution in [0, 0.1) is 32.1 Å². The summed E-state index contributed by atoms with van der Waals surface area (Å²) in [5.41, 5.74) is 7.50. The maximum absolute atomic E-state index is 9.74. The Morgan fingerprint density at radius 1 is 1.03 bits per heavy atom. The van der Waals surface area contributed by atoms with Gasteiger partial charge >= 0.3 is 0 Å². The minimum atomic E-state index is 0.377. The number of nitrogens with zero attached hydrogens (tertiary/aromatic N) is 3. The smallest absolute Gasteiger partial charge is 0.137 e. The lowest BCUT2D eigenvalue weighted by atomic mass is 10.0. The third-order valence-electron chi connectivity index (χ3n) is 4.77. The molecule has 0 fully saturated rings. The van der Waals surface area contributed by atoms with E-state index < -0.39 is 0 Å². The fraction of sp³-hybridized carbons (Fsp3) is 0.125. The Hall–Kier alpha value is -3.00. The Kier molecular flexibility index (Phi) is 5.19. The van der Waals surface area contributed by atoms with Crippen molar-refractivity contribution in [2.45, 2.75) is 20.8 Å². The van der Waals surface area contributed by atoms with Gasteiger partial charge in [-0.15, -0.1) is 11.3 Å². The van der Waals surface area contributed by atoms with Crippen LogP contribution in [0.4, 0.5) is 0 Å². The van der Waals surface area contributed by atoms with E-state index in [1.165, 1.54) is 22.5 Å². The molecular weight excluding hydrogens is 398 g/mol. The summed E-state index contributed by atoms with van der Waals surface area (Å²) in [6, 6.07) is 16.6. The molecule has 0 atom stereocenters. The van der Waals surface area contributed by atoms with Crippen molar-refractivity contribution in [3.8, 4) is 17.3 Å². The molecule has 29 heavy (non-hydrogen) atoms. The van der Waals surface area contributed by atoms with Gasteiger partial charge < -0.3 is 0 Å². The molecule has 0 bridgehead atoms. The maximum atomic E-state index is 9.74. The number of benzene rings is 2. The van der Waals surface area contributed by atoms with Gasteiger partial charge in [0.05, 0.1) is 16.8 Å². The van der Waals surface area contributed by atoms with E-state index in [1.54, 1.807) is 6.08 Å². The summed E-state index contributed by atoms with van der Waals surface area (Å²) in [5.74, 6) is 0. The minimum Gasteiger partial charge on any atom is -0.235 e. The van der Waals surface area contributed by atoms with Crippen LogP contribution in [0.15, 0.2) is 47.8 Å². The molecule has 2 aromatic carbocycles. The van der Waals surface area contributed by atoms with Gasteiger partial charge in [0.15, 0.2) is 0 Å². The number of rotatable bonds is 3. The first-order chi connectivity index (χ1) is 13.9. The molecule has 0 saturated heterocycles. The third kappa shape index (κ3) is 3.93. The molecule has 142 valence electrons. The van der Waals surface area contributed by atoms with Crippen molar-refractivity contribution in [1.29, 1.82) is 5.26 Å². The highest BCUT2D eigenvalue weighted by Gasteiger charge is 2.12. The second-order valence-electron chi connectivity index (χ2n) is 7.09. The third-order valence-corrected chi connectivity index (χ3v) is 5.94. The van der Waals surface area contributed by atoms with Crippen LogP contribution in [-0.2, 0) is 0 Å². The number of fused-ring (bicyclic) bond motifs is 1. The van der Waals surface area contributed by atoms with Crippen LogP contribution in [-0.4, -0.2) is 9.97 Å². The number of thiazole rings is 1. The summed E-state index contributed by atoms with van der Waals surface area (Å²) in [6.07, 6.45) is 1.76. The highest BCUT2D eigenvalue weighted by Crippen LogP contribution is 2.31. The first kappa shape index (κ1) is 19.3. The number of pyridine rings is 1. The van der Waals surface area contributed by atoms with Gasteiger partial charge in [-0.2, -0.15) is 5.26 Å². The molecule has 2 heterocycles. The zero-order valence-corrected chi connectivity index (χ0v) is 17.9. The summed E-state index contributed by atoms with van der Waals surface area (Å²) >= 11 is 7.85. The van der Waals surface area contributed by atoms with Gasteiger partial charge in [0, 0.05) is 21.9 Å². The number of nitriles is 1. The molecule has 2 aromatic heterocycles. The summed E-state index contributed by atoms with van der Waals surface area (Å²) < 4.78 is 0. The van der Waals surface area contributed by atoms with E-state index in [0.717, 1.165) is 27.7 Å². The molecule has 0 amide bonds. The molecule has 0 saturated carbocycles. The molecule has 0 spiro atoms. The SMILES string of the molecule is Cc1ccc(-c2csc(/C(C#N)=C/c3cc4ccc(C)cc4nc3Cl)n2)c(C)c1. The van der Waals surface area contributed by atoms with Crippen LogP contribution < -0.4 is 0 Å². The molecule has 0 N–H and O–H groups in total. The first-order valence-corrected chi connectivity index (χ1v) is 10.4. The Balaban J connectivity index is 1.75. The molecule has 0 aliphatic carbocycles. The van der Waals surface area contributed by atoms with Crippen molar-refractivity contribution < 1.29 is 0 Å². The van der Waals surface area contributed by atoms with Gasteiger partial charge in [0.25, 0.3) is 0 Å². The Labute approximate surface area is 179 Å². The van der Waals surface area contributed by atoms with Crippen molar-refractivity contribution in [1.82, 2.24) is 9.97 Å². The standard InChI is InChI=1S/C24H18ClN3S/c1-14-5-7-20(16(3)8-14)22-13-29-24(28-22)19(12-26)11-18-10-17-6-4-15(2)9-21(17)27-23(18)25/h4-11,13H,1-3H3/b19-11+. The normalized spacial score (nSPS) is 11.6. The van der Waals surface area contributed by atoms with E-state index in [1.807, 2.05) is 36.6 Å².